The van der Waals surface area contributed by atoms with Gasteiger partial charge < -0.3 is 14.6 Å². The van der Waals surface area contributed by atoms with Crippen molar-refractivity contribution in [3.8, 4) is 5.75 Å². The van der Waals surface area contributed by atoms with Gasteiger partial charge in [0.2, 0.25) is 0 Å². The van der Waals surface area contributed by atoms with Gasteiger partial charge in [-0.1, -0.05) is 11.6 Å². The highest BCUT2D eigenvalue weighted by Crippen LogP contribution is 2.35. The van der Waals surface area contributed by atoms with Crippen molar-refractivity contribution in [2.24, 2.45) is 0 Å². The van der Waals surface area contributed by atoms with Crippen LogP contribution in [0.25, 0.3) is 0 Å². The van der Waals surface area contributed by atoms with Crippen LogP contribution in [0.15, 0.2) is 30.4 Å². The molecule has 19 heavy (non-hydrogen) atoms. The molecule has 1 N–H and O–H groups in total. The van der Waals surface area contributed by atoms with E-state index in [1.807, 2.05) is 25.1 Å². The number of aliphatic hydroxyl groups is 1. The minimum atomic E-state index is -0.569. The van der Waals surface area contributed by atoms with Crippen LogP contribution in [0.5, 0.6) is 5.75 Å². The van der Waals surface area contributed by atoms with Crippen LogP contribution >= 0.6 is 0 Å². The molecule has 102 valence electrons. The summed E-state index contributed by atoms with van der Waals surface area (Å²) in [6, 6.07) is 5.70. The highest BCUT2D eigenvalue weighted by atomic mass is 16.5. The first-order valence-corrected chi connectivity index (χ1v) is 6.40. The lowest BCUT2D eigenvalue weighted by Gasteiger charge is -2.28. The fourth-order valence-corrected chi connectivity index (χ4v) is 2.09. The summed E-state index contributed by atoms with van der Waals surface area (Å²) in [7, 11) is 0. The van der Waals surface area contributed by atoms with Crippen LogP contribution < -0.4 is 4.74 Å². The van der Waals surface area contributed by atoms with Gasteiger partial charge in [0, 0.05) is 18.1 Å². The quantitative estimate of drug-likeness (QED) is 0.671. The zero-order valence-corrected chi connectivity index (χ0v) is 11.1. The Hall–Kier alpha value is -1.81. The molecule has 1 aromatic carbocycles. The summed E-state index contributed by atoms with van der Waals surface area (Å²) in [4.78, 5) is 11.2. The third-order valence-electron chi connectivity index (χ3n) is 2.99. The number of hydrogen-bond acceptors (Lipinski definition) is 4. The van der Waals surface area contributed by atoms with Crippen molar-refractivity contribution >= 4 is 5.97 Å². The van der Waals surface area contributed by atoms with Crippen LogP contribution in [0.3, 0.4) is 0 Å². The highest BCUT2D eigenvalue weighted by Gasteiger charge is 2.25. The van der Waals surface area contributed by atoms with Gasteiger partial charge in [-0.2, -0.15) is 0 Å². The lowest BCUT2D eigenvalue weighted by Crippen LogP contribution is -2.24. The normalized spacial score (nSPS) is 21.8. The molecule has 1 aliphatic rings. The summed E-state index contributed by atoms with van der Waals surface area (Å²) in [6.45, 7) is 4.07. The topological polar surface area (TPSA) is 55.8 Å². The fourth-order valence-electron chi connectivity index (χ4n) is 2.09. The molecular weight excluding hydrogens is 244 g/mol. The first kappa shape index (κ1) is 13.6. The number of ether oxygens (including phenoxy) is 2. The largest absolute Gasteiger partial charge is 0.486 e. The molecule has 0 saturated carbocycles. The Morgan fingerprint density at radius 3 is 3.11 bits per heavy atom. The monoisotopic (exact) mass is 262 g/mol. The number of benzene rings is 1. The minimum absolute atomic E-state index is 0.311. The molecular formula is C15H18O4. The maximum absolute atomic E-state index is 11.2. The SMILES string of the molecule is CCOC(=O)/C=C/C1CC(O)c2cc(C)ccc2O1. The van der Waals surface area contributed by atoms with Gasteiger partial charge in [0.25, 0.3) is 0 Å². The second-order valence-corrected chi connectivity index (χ2v) is 4.56. The third kappa shape index (κ3) is 3.35. The molecule has 0 fully saturated rings. The Morgan fingerprint density at radius 1 is 1.58 bits per heavy atom. The maximum atomic E-state index is 11.2. The van der Waals surface area contributed by atoms with Crippen LogP contribution in [0.4, 0.5) is 0 Å². The van der Waals surface area contributed by atoms with E-state index in [4.69, 9.17) is 9.47 Å². The van der Waals surface area contributed by atoms with Crippen molar-refractivity contribution < 1.29 is 19.4 Å². The third-order valence-corrected chi connectivity index (χ3v) is 2.99. The molecule has 0 amide bonds. The van der Waals surface area contributed by atoms with Crippen molar-refractivity contribution in [3.63, 3.8) is 0 Å². The van der Waals surface area contributed by atoms with Crippen molar-refractivity contribution in [2.45, 2.75) is 32.5 Å². The van der Waals surface area contributed by atoms with E-state index < -0.39 is 12.1 Å². The molecule has 1 aromatic rings. The van der Waals surface area contributed by atoms with E-state index >= 15 is 0 Å². The number of aliphatic hydroxyl groups excluding tert-OH is 1. The van der Waals surface area contributed by atoms with Gasteiger partial charge in [-0.25, -0.2) is 4.79 Å². The van der Waals surface area contributed by atoms with E-state index in [0.717, 1.165) is 11.1 Å². The van der Waals surface area contributed by atoms with Crippen LogP contribution in [0.2, 0.25) is 0 Å². The van der Waals surface area contributed by atoms with Gasteiger partial charge in [-0.3, -0.25) is 0 Å². The fraction of sp³-hybridized carbons (Fsp3) is 0.400. The van der Waals surface area contributed by atoms with Gasteiger partial charge in [0.05, 0.1) is 12.7 Å². The zero-order valence-electron chi connectivity index (χ0n) is 11.1. The Balaban J connectivity index is 2.08. The van der Waals surface area contributed by atoms with Crippen molar-refractivity contribution in [2.75, 3.05) is 6.61 Å². The molecule has 0 saturated heterocycles. The van der Waals surface area contributed by atoms with Gasteiger partial charge in [-0.05, 0) is 32.1 Å². The number of hydrogen-bond donors (Lipinski definition) is 1. The number of fused-ring (bicyclic) bond motifs is 1. The van der Waals surface area contributed by atoms with E-state index in [0.29, 0.717) is 18.8 Å². The Labute approximate surface area is 112 Å². The molecule has 4 heteroatoms. The zero-order chi connectivity index (χ0) is 13.8. The predicted molar refractivity (Wildman–Crippen MR) is 70.9 cm³/mol. The van der Waals surface area contributed by atoms with Crippen LogP contribution in [0, 0.1) is 6.92 Å². The second-order valence-electron chi connectivity index (χ2n) is 4.56. The van der Waals surface area contributed by atoms with Crippen LogP contribution in [0.1, 0.15) is 30.6 Å². The van der Waals surface area contributed by atoms with Crippen LogP contribution in [-0.4, -0.2) is 23.8 Å². The Bertz CT molecular complexity index is 493. The maximum Gasteiger partial charge on any atom is 0.330 e. The van der Waals surface area contributed by atoms with Crippen molar-refractivity contribution in [1.29, 1.82) is 0 Å². The summed E-state index contributed by atoms with van der Waals surface area (Å²) in [5.41, 5.74) is 1.89. The number of aryl methyl sites for hydroxylation is 1. The molecule has 2 atom stereocenters. The molecule has 0 spiro atoms. The van der Waals surface area contributed by atoms with Gasteiger partial charge in [0.1, 0.15) is 11.9 Å². The van der Waals surface area contributed by atoms with E-state index in [9.17, 15) is 9.90 Å². The number of carbonyl (C=O) groups is 1. The summed E-state index contributed by atoms with van der Waals surface area (Å²) >= 11 is 0. The molecule has 0 radical (unpaired) electrons. The Kier molecular flexibility index (Phi) is 4.22. The first-order chi connectivity index (χ1) is 9.10. The molecule has 1 heterocycles. The number of rotatable bonds is 3. The number of carbonyl (C=O) groups excluding carboxylic acids is 1. The standard InChI is InChI=1S/C15H18O4/c1-3-18-15(17)7-5-11-9-13(16)12-8-10(2)4-6-14(12)19-11/h4-8,11,13,16H,3,9H2,1-2H3/b7-5+. The minimum Gasteiger partial charge on any atom is -0.486 e. The molecule has 2 rings (SSSR count). The lowest BCUT2D eigenvalue weighted by atomic mass is 9.97. The van der Waals surface area contributed by atoms with Crippen molar-refractivity contribution in [3.05, 3.63) is 41.5 Å². The van der Waals surface area contributed by atoms with Crippen molar-refractivity contribution in [1.82, 2.24) is 0 Å². The highest BCUT2D eigenvalue weighted by molar-refractivity contribution is 5.81. The van der Waals surface area contributed by atoms with E-state index in [-0.39, 0.29) is 6.10 Å². The molecule has 0 aromatic heterocycles. The average Bonchev–Trinajstić information content (AvgIpc) is 2.38. The molecule has 1 aliphatic heterocycles. The predicted octanol–water partition coefficient (Wildman–Crippen LogP) is 2.30. The lowest BCUT2D eigenvalue weighted by molar-refractivity contribution is -0.137. The summed E-state index contributed by atoms with van der Waals surface area (Å²) < 4.78 is 10.5. The van der Waals surface area contributed by atoms with E-state index in [2.05, 4.69) is 0 Å². The van der Waals surface area contributed by atoms with E-state index in [1.54, 1.807) is 13.0 Å². The molecule has 0 bridgehead atoms. The van der Waals surface area contributed by atoms with Crippen LogP contribution in [-0.2, 0) is 9.53 Å². The average molecular weight is 262 g/mol. The first-order valence-electron chi connectivity index (χ1n) is 6.40. The van der Waals surface area contributed by atoms with Gasteiger partial charge in [-0.15, -0.1) is 0 Å². The van der Waals surface area contributed by atoms with E-state index in [1.165, 1.54) is 6.08 Å². The van der Waals surface area contributed by atoms with Gasteiger partial charge in [0.15, 0.2) is 0 Å². The summed E-state index contributed by atoms with van der Waals surface area (Å²) in [5, 5.41) is 10.1. The van der Waals surface area contributed by atoms with Gasteiger partial charge >= 0.3 is 5.97 Å². The second kappa shape index (κ2) is 5.89. The summed E-state index contributed by atoms with van der Waals surface area (Å²) in [5.74, 6) is 0.276. The number of esters is 1. The smallest absolute Gasteiger partial charge is 0.330 e. The Morgan fingerprint density at radius 2 is 2.37 bits per heavy atom. The molecule has 2 unspecified atom stereocenters. The summed E-state index contributed by atoms with van der Waals surface area (Å²) in [6.07, 6.45) is 2.53. The molecule has 4 nitrogen and oxygen atoms in total. The molecule has 0 aliphatic carbocycles.